The number of carbonyl (C=O) groups excluding carboxylic acids is 1. The third-order valence-electron chi connectivity index (χ3n) is 1.16. The van der Waals surface area contributed by atoms with Crippen molar-refractivity contribution in [2.75, 3.05) is 0 Å². The van der Waals surface area contributed by atoms with Crippen molar-refractivity contribution in [3.05, 3.63) is 12.2 Å². The van der Waals surface area contributed by atoms with Gasteiger partial charge in [-0.15, -0.1) is 0 Å². The first-order valence-corrected chi connectivity index (χ1v) is 2.57. The fourth-order valence-electron chi connectivity index (χ4n) is 0.729. The topological polar surface area (TPSA) is 44.8 Å². The number of rotatable bonds is 0. The Morgan fingerprint density at radius 2 is 2.22 bits per heavy atom. The second kappa shape index (κ2) is 1.55. The second-order valence-corrected chi connectivity index (χ2v) is 1.80. The van der Waals surface area contributed by atoms with E-state index in [-0.39, 0.29) is 5.97 Å². The van der Waals surface area contributed by atoms with Crippen LogP contribution in [0.25, 0.3) is 0 Å². The number of ether oxygens (including phenoxy) is 1. The van der Waals surface area contributed by atoms with Crippen LogP contribution >= 0.6 is 0 Å². The van der Waals surface area contributed by atoms with E-state index in [9.17, 15) is 4.79 Å². The van der Waals surface area contributed by atoms with Gasteiger partial charge < -0.3 is 4.74 Å². The Morgan fingerprint density at radius 1 is 1.33 bits per heavy atom. The molecule has 0 saturated carbocycles. The number of hydrogen-bond acceptors (Lipinski definition) is 4. The van der Waals surface area contributed by atoms with E-state index in [1.165, 1.54) is 0 Å². The van der Waals surface area contributed by atoms with Gasteiger partial charge in [-0.3, -0.25) is 0 Å². The molecular weight excluding hydrogens is 124 g/mol. The molecule has 0 amide bonds. The summed E-state index contributed by atoms with van der Waals surface area (Å²) in [6, 6.07) is 0. The van der Waals surface area contributed by atoms with Crippen LogP contribution in [0.2, 0.25) is 0 Å². The summed E-state index contributed by atoms with van der Waals surface area (Å²) < 4.78 is 4.61. The molecule has 9 heavy (non-hydrogen) atoms. The van der Waals surface area contributed by atoms with Crippen molar-refractivity contribution in [3.63, 3.8) is 0 Å². The van der Waals surface area contributed by atoms with Crippen molar-refractivity contribution < 1.29 is 19.3 Å². The molecule has 0 aromatic rings. The summed E-state index contributed by atoms with van der Waals surface area (Å²) in [5.41, 5.74) is 0. The van der Waals surface area contributed by atoms with Gasteiger partial charge in [-0.05, 0) is 12.2 Å². The summed E-state index contributed by atoms with van der Waals surface area (Å²) in [5, 5.41) is 0. The van der Waals surface area contributed by atoms with Gasteiger partial charge in [0.1, 0.15) is 0 Å². The average Bonchev–Trinajstić information content (AvgIpc) is 1.90. The Morgan fingerprint density at radius 3 is 2.44 bits per heavy atom. The highest BCUT2D eigenvalue weighted by Gasteiger charge is 2.33. The van der Waals surface area contributed by atoms with E-state index in [0.29, 0.717) is 0 Å². The molecule has 0 N–H and O–H groups in total. The van der Waals surface area contributed by atoms with E-state index in [1.807, 2.05) is 0 Å². The monoisotopic (exact) mass is 128 g/mol. The number of hydrogen-bond donors (Lipinski definition) is 0. The smallest absolute Gasteiger partial charge is 0.345 e. The van der Waals surface area contributed by atoms with E-state index < -0.39 is 12.4 Å². The minimum Gasteiger partial charge on any atom is -0.427 e. The highest BCUT2D eigenvalue weighted by Crippen LogP contribution is 2.18. The summed E-state index contributed by atoms with van der Waals surface area (Å²) in [6.07, 6.45) is 1.98. The van der Waals surface area contributed by atoms with Crippen molar-refractivity contribution in [1.82, 2.24) is 0 Å². The Kier molecular flexibility index (Phi) is 0.856. The normalized spacial score (nSPS) is 38.9. The van der Waals surface area contributed by atoms with Crippen LogP contribution in [0.15, 0.2) is 12.2 Å². The standard InChI is InChI=1S/C5H4O4/c6-5-3-1-2-4(7-5)9-8-3/h1-4H. The quantitative estimate of drug-likeness (QED) is 0.256. The van der Waals surface area contributed by atoms with Crippen molar-refractivity contribution in [2.24, 2.45) is 0 Å². The molecule has 3 aliphatic rings. The molecule has 4 heteroatoms. The van der Waals surface area contributed by atoms with Crippen molar-refractivity contribution >= 4 is 5.97 Å². The number of esters is 1. The van der Waals surface area contributed by atoms with Crippen molar-refractivity contribution in [1.29, 1.82) is 0 Å². The Balaban J connectivity index is 2.29. The average molecular weight is 128 g/mol. The fourth-order valence-corrected chi connectivity index (χ4v) is 0.729. The van der Waals surface area contributed by atoms with Crippen LogP contribution in [-0.4, -0.2) is 18.4 Å². The summed E-state index contributed by atoms with van der Waals surface area (Å²) in [4.78, 5) is 19.6. The fraction of sp³-hybridized carbons (Fsp3) is 0.400. The molecule has 2 unspecified atom stereocenters. The van der Waals surface area contributed by atoms with Crippen molar-refractivity contribution in [2.45, 2.75) is 12.4 Å². The third-order valence-corrected chi connectivity index (χ3v) is 1.16. The largest absolute Gasteiger partial charge is 0.427 e. The van der Waals surface area contributed by atoms with Gasteiger partial charge in [0.05, 0.1) is 0 Å². The predicted octanol–water partition coefficient (Wildman–Crippen LogP) is -0.244. The first-order valence-electron chi connectivity index (χ1n) is 2.57. The minimum absolute atomic E-state index is 0.381. The van der Waals surface area contributed by atoms with Gasteiger partial charge in [-0.1, -0.05) is 0 Å². The molecule has 0 radical (unpaired) electrons. The highest BCUT2D eigenvalue weighted by atomic mass is 17.2. The number of carbonyl (C=O) groups is 1. The van der Waals surface area contributed by atoms with Crippen molar-refractivity contribution in [3.8, 4) is 0 Å². The lowest BCUT2D eigenvalue weighted by atomic mass is 10.2. The zero-order chi connectivity index (χ0) is 6.27. The molecule has 1 fully saturated rings. The van der Waals surface area contributed by atoms with Gasteiger partial charge in [0.25, 0.3) is 6.29 Å². The first kappa shape index (κ1) is 4.96. The molecular formula is C5H4O4. The lowest BCUT2D eigenvalue weighted by molar-refractivity contribution is -0.401. The second-order valence-electron chi connectivity index (χ2n) is 1.80. The van der Waals surface area contributed by atoms with Gasteiger partial charge in [-0.2, -0.15) is 4.89 Å². The van der Waals surface area contributed by atoms with Crippen LogP contribution in [0.4, 0.5) is 0 Å². The van der Waals surface area contributed by atoms with Gasteiger partial charge in [-0.25, -0.2) is 9.68 Å². The van der Waals surface area contributed by atoms with Gasteiger partial charge >= 0.3 is 5.97 Å². The molecule has 0 spiro atoms. The van der Waals surface area contributed by atoms with Crippen LogP contribution in [-0.2, 0) is 19.3 Å². The molecule has 2 bridgehead atoms. The molecule has 3 heterocycles. The Hall–Kier alpha value is -0.870. The molecule has 48 valence electrons. The summed E-state index contributed by atoms with van der Waals surface area (Å²) in [7, 11) is 0. The Labute approximate surface area is 50.9 Å². The summed E-state index contributed by atoms with van der Waals surface area (Å²) in [6.45, 7) is 0. The SMILES string of the molecule is O=C1OC2C=CC1OO2. The lowest BCUT2D eigenvalue weighted by Gasteiger charge is -2.27. The van der Waals surface area contributed by atoms with Crippen LogP contribution in [0.5, 0.6) is 0 Å². The molecule has 3 aliphatic heterocycles. The van der Waals surface area contributed by atoms with E-state index in [1.54, 1.807) is 12.2 Å². The van der Waals surface area contributed by atoms with E-state index in [0.717, 1.165) is 0 Å². The summed E-state index contributed by atoms with van der Waals surface area (Å²) in [5.74, 6) is -0.381. The lowest BCUT2D eigenvalue weighted by Crippen LogP contribution is -2.40. The molecule has 1 saturated heterocycles. The molecule has 0 aromatic heterocycles. The third kappa shape index (κ3) is 0.639. The first-order chi connectivity index (χ1) is 4.36. The van der Waals surface area contributed by atoms with E-state index >= 15 is 0 Å². The van der Waals surface area contributed by atoms with Crippen LogP contribution in [0, 0.1) is 0 Å². The highest BCUT2D eigenvalue weighted by molar-refractivity contribution is 5.78. The maximum atomic E-state index is 10.6. The number of fused-ring (bicyclic) bond motifs is 2. The minimum atomic E-state index is -0.644. The molecule has 3 rings (SSSR count). The van der Waals surface area contributed by atoms with Crippen LogP contribution in [0.3, 0.4) is 0 Å². The maximum absolute atomic E-state index is 10.6. The molecule has 4 nitrogen and oxygen atoms in total. The summed E-state index contributed by atoms with van der Waals surface area (Å²) >= 11 is 0. The van der Waals surface area contributed by atoms with Gasteiger partial charge in [0, 0.05) is 0 Å². The molecule has 0 aliphatic carbocycles. The van der Waals surface area contributed by atoms with Gasteiger partial charge in [0.2, 0.25) is 6.10 Å². The zero-order valence-corrected chi connectivity index (χ0v) is 4.44. The van der Waals surface area contributed by atoms with Crippen LogP contribution < -0.4 is 0 Å². The molecule has 0 aromatic carbocycles. The van der Waals surface area contributed by atoms with E-state index in [2.05, 4.69) is 14.5 Å². The van der Waals surface area contributed by atoms with Gasteiger partial charge in [0.15, 0.2) is 0 Å². The Bertz CT molecular complexity index is 174. The van der Waals surface area contributed by atoms with Crippen LogP contribution in [0.1, 0.15) is 0 Å². The zero-order valence-electron chi connectivity index (χ0n) is 4.44. The maximum Gasteiger partial charge on any atom is 0.345 e. The molecule has 2 atom stereocenters. The predicted molar refractivity (Wildman–Crippen MR) is 25.0 cm³/mol. The van der Waals surface area contributed by atoms with E-state index in [4.69, 9.17) is 0 Å².